The van der Waals surface area contributed by atoms with Crippen LogP contribution in [0.2, 0.25) is 0 Å². The molecule has 0 aliphatic carbocycles. The lowest BCUT2D eigenvalue weighted by atomic mass is 10.1. The molecule has 0 unspecified atom stereocenters. The number of ether oxygens (including phenoxy) is 2. The number of H-pyrrole nitrogens is 1. The summed E-state index contributed by atoms with van der Waals surface area (Å²) in [6.07, 6.45) is 3.46. The lowest BCUT2D eigenvalue weighted by Gasteiger charge is -2.25. The fourth-order valence-corrected chi connectivity index (χ4v) is 3.53. The number of carbonyl (C=O) groups excluding carboxylic acids is 1. The van der Waals surface area contributed by atoms with Gasteiger partial charge in [0.2, 0.25) is 0 Å². The first-order valence-electron chi connectivity index (χ1n) is 8.89. The number of carbonyl (C=O) groups is 1. The number of hydrogen-bond acceptors (Lipinski definition) is 6. The second kappa shape index (κ2) is 6.11. The van der Waals surface area contributed by atoms with Crippen molar-refractivity contribution in [3.8, 4) is 17.2 Å². The Morgan fingerprint density at radius 2 is 2.07 bits per heavy atom. The molecule has 0 spiro atoms. The summed E-state index contributed by atoms with van der Waals surface area (Å²) in [5.74, 6) is 1.21. The molecular weight excluding hydrogens is 348 g/mol. The molecule has 9 heteroatoms. The van der Waals surface area contributed by atoms with Crippen molar-refractivity contribution < 1.29 is 14.3 Å². The van der Waals surface area contributed by atoms with E-state index in [1.807, 2.05) is 25.1 Å². The minimum atomic E-state index is -0.168. The third-order valence-corrected chi connectivity index (χ3v) is 4.91. The van der Waals surface area contributed by atoms with E-state index in [0.29, 0.717) is 42.6 Å². The van der Waals surface area contributed by atoms with E-state index in [1.165, 1.54) is 0 Å². The van der Waals surface area contributed by atoms with E-state index in [9.17, 15) is 4.79 Å². The molecule has 27 heavy (non-hydrogen) atoms. The van der Waals surface area contributed by atoms with Crippen LogP contribution in [0.5, 0.6) is 11.5 Å². The van der Waals surface area contributed by atoms with Crippen LogP contribution in [0.4, 0.5) is 5.69 Å². The van der Waals surface area contributed by atoms with Gasteiger partial charge in [0.25, 0.3) is 5.91 Å². The fourth-order valence-electron chi connectivity index (χ4n) is 3.53. The number of hydrogen-bond donors (Lipinski definition) is 1. The Hall–Kier alpha value is -3.36. The van der Waals surface area contributed by atoms with Crippen LogP contribution >= 0.6 is 0 Å². The maximum Gasteiger partial charge on any atom is 0.280 e. The predicted octanol–water partition coefficient (Wildman–Crippen LogP) is 1.66. The highest BCUT2D eigenvalue weighted by atomic mass is 16.6. The zero-order valence-electron chi connectivity index (χ0n) is 14.8. The summed E-state index contributed by atoms with van der Waals surface area (Å²) in [6.45, 7) is 3.53. The number of amides is 1. The Kier molecular flexibility index (Phi) is 3.59. The van der Waals surface area contributed by atoms with E-state index in [4.69, 9.17) is 9.47 Å². The van der Waals surface area contributed by atoms with Crippen molar-refractivity contribution in [1.29, 1.82) is 0 Å². The average Bonchev–Trinajstić information content (AvgIpc) is 3.33. The molecule has 0 bridgehead atoms. The molecule has 2 aromatic heterocycles. The first-order valence-corrected chi connectivity index (χ1v) is 8.89. The lowest BCUT2D eigenvalue weighted by Crippen LogP contribution is -2.35. The van der Waals surface area contributed by atoms with Crippen LogP contribution in [0, 0.1) is 6.92 Å². The van der Waals surface area contributed by atoms with Crippen molar-refractivity contribution in [2.45, 2.75) is 19.8 Å². The number of rotatable bonds is 2. The molecule has 1 aromatic carbocycles. The largest absolute Gasteiger partial charge is 0.486 e. The highest BCUT2D eigenvalue weighted by molar-refractivity contribution is 6.06. The van der Waals surface area contributed by atoms with Crippen LogP contribution in [-0.2, 0) is 6.42 Å². The molecule has 0 saturated carbocycles. The van der Waals surface area contributed by atoms with Gasteiger partial charge in [-0.25, -0.2) is 4.68 Å². The number of fused-ring (bicyclic) bond motifs is 2. The summed E-state index contributed by atoms with van der Waals surface area (Å²) in [6, 6.07) is 5.56. The zero-order valence-corrected chi connectivity index (χ0v) is 14.8. The minimum Gasteiger partial charge on any atom is -0.486 e. The van der Waals surface area contributed by atoms with Crippen molar-refractivity contribution in [2.24, 2.45) is 0 Å². The topological polar surface area (TPSA) is 98.2 Å². The molecule has 0 atom stereocenters. The molecule has 9 nitrogen and oxygen atoms in total. The molecule has 0 fully saturated rings. The van der Waals surface area contributed by atoms with Crippen LogP contribution in [-0.4, -0.2) is 50.9 Å². The van der Waals surface area contributed by atoms with E-state index < -0.39 is 0 Å². The van der Waals surface area contributed by atoms with Crippen LogP contribution in [0.15, 0.2) is 24.4 Å². The third-order valence-electron chi connectivity index (χ3n) is 4.91. The number of aryl methyl sites for hydroxylation is 1. The van der Waals surface area contributed by atoms with Crippen molar-refractivity contribution >= 4 is 11.6 Å². The monoisotopic (exact) mass is 366 g/mol. The molecule has 1 amide bonds. The van der Waals surface area contributed by atoms with Crippen LogP contribution < -0.4 is 14.4 Å². The molecule has 138 valence electrons. The normalized spacial score (nSPS) is 15.5. The SMILES string of the molecule is Cc1c(C(=O)N2CCCc3[nH]ncc32)nnn1-c1ccc2c(c1)OCCO2. The summed E-state index contributed by atoms with van der Waals surface area (Å²) < 4.78 is 12.8. The first-order chi connectivity index (χ1) is 13.2. The first kappa shape index (κ1) is 15.9. The Labute approximate surface area is 154 Å². The van der Waals surface area contributed by atoms with Gasteiger partial charge in [-0.3, -0.25) is 9.89 Å². The Balaban J connectivity index is 1.49. The Morgan fingerprint density at radius 1 is 1.22 bits per heavy atom. The van der Waals surface area contributed by atoms with Gasteiger partial charge in [0, 0.05) is 12.6 Å². The van der Waals surface area contributed by atoms with Gasteiger partial charge in [0.15, 0.2) is 17.2 Å². The second-order valence-corrected chi connectivity index (χ2v) is 6.56. The van der Waals surface area contributed by atoms with E-state index in [1.54, 1.807) is 15.8 Å². The van der Waals surface area contributed by atoms with E-state index in [-0.39, 0.29) is 5.91 Å². The standard InChI is InChI=1S/C18H18N6O3/c1-11-17(18(25)23-6-2-3-13-14(23)10-19-20-13)21-22-24(11)12-4-5-15-16(9-12)27-8-7-26-15/h4-5,9-10H,2-3,6-8H2,1H3,(H,19,20). The van der Waals surface area contributed by atoms with Crippen LogP contribution in [0.25, 0.3) is 5.69 Å². The van der Waals surface area contributed by atoms with Gasteiger partial charge < -0.3 is 14.4 Å². The zero-order chi connectivity index (χ0) is 18.4. The number of nitrogens with one attached hydrogen (secondary N) is 1. The van der Waals surface area contributed by atoms with Crippen LogP contribution in [0.3, 0.4) is 0 Å². The van der Waals surface area contributed by atoms with Crippen LogP contribution in [0.1, 0.15) is 28.3 Å². The van der Waals surface area contributed by atoms with Crippen molar-refractivity contribution in [1.82, 2.24) is 25.2 Å². The Bertz CT molecular complexity index is 1020. The van der Waals surface area contributed by atoms with Crippen molar-refractivity contribution in [3.63, 3.8) is 0 Å². The molecule has 5 rings (SSSR count). The number of benzene rings is 1. The summed E-state index contributed by atoms with van der Waals surface area (Å²) >= 11 is 0. The van der Waals surface area contributed by atoms with E-state index >= 15 is 0 Å². The maximum atomic E-state index is 13.1. The number of nitrogens with zero attached hydrogens (tertiary/aromatic N) is 5. The van der Waals surface area contributed by atoms with Gasteiger partial charge in [-0.2, -0.15) is 5.10 Å². The van der Waals surface area contributed by atoms with Gasteiger partial charge in [-0.15, -0.1) is 5.10 Å². The maximum absolute atomic E-state index is 13.1. The van der Waals surface area contributed by atoms with Gasteiger partial charge in [-0.05, 0) is 31.9 Å². The van der Waals surface area contributed by atoms with Crippen molar-refractivity contribution in [2.75, 3.05) is 24.7 Å². The van der Waals surface area contributed by atoms with Gasteiger partial charge in [0.05, 0.1) is 29.0 Å². The molecule has 0 radical (unpaired) electrons. The highest BCUT2D eigenvalue weighted by Gasteiger charge is 2.29. The van der Waals surface area contributed by atoms with Gasteiger partial charge in [0.1, 0.15) is 13.2 Å². The predicted molar refractivity (Wildman–Crippen MR) is 95.7 cm³/mol. The van der Waals surface area contributed by atoms with E-state index in [2.05, 4.69) is 20.5 Å². The second-order valence-electron chi connectivity index (χ2n) is 6.56. The molecule has 1 N–H and O–H groups in total. The third kappa shape index (κ3) is 2.54. The molecule has 4 heterocycles. The summed E-state index contributed by atoms with van der Waals surface area (Å²) in [5, 5.41) is 15.4. The fraction of sp³-hybridized carbons (Fsp3) is 0.333. The minimum absolute atomic E-state index is 0.168. The molecule has 0 saturated heterocycles. The lowest BCUT2D eigenvalue weighted by molar-refractivity contribution is 0.0979. The summed E-state index contributed by atoms with van der Waals surface area (Å²) in [5.41, 5.74) is 3.57. The highest BCUT2D eigenvalue weighted by Crippen LogP contribution is 2.32. The number of aromatic amines is 1. The van der Waals surface area contributed by atoms with E-state index in [0.717, 1.165) is 29.9 Å². The average molecular weight is 366 g/mol. The van der Waals surface area contributed by atoms with Crippen molar-refractivity contribution in [3.05, 3.63) is 41.5 Å². The number of aromatic nitrogens is 5. The van der Waals surface area contributed by atoms with Gasteiger partial charge in [-0.1, -0.05) is 5.21 Å². The smallest absolute Gasteiger partial charge is 0.280 e. The summed E-state index contributed by atoms with van der Waals surface area (Å²) in [7, 11) is 0. The summed E-state index contributed by atoms with van der Waals surface area (Å²) in [4.78, 5) is 14.8. The molecule has 3 aromatic rings. The molecule has 2 aliphatic rings. The number of anilines is 1. The van der Waals surface area contributed by atoms with Gasteiger partial charge >= 0.3 is 0 Å². The molecular formula is C18H18N6O3. The Morgan fingerprint density at radius 3 is 2.96 bits per heavy atom. The molecule has 2 aliphatic heterocycles. The quantitative estimate of drug-likeness (QED) is 0.741.